The Morgan fingerprint density at radius 3 is 0.810 bits per heavy atom. The van der Waals surface area contributed by atoms with Gasteiger partial charge in [0, 0.05) is 19.3 Å². The third-order valence-corrected chi connectivity index (χ3v) is 15.2. The number of carbonyl (C=O) groups is 3. The monoisotopic (exact) mass is 1100 g/mol. The summed E-state index contributed by atoms with van der Waals surface area (Å²) in [5.74, 6) is -0.879. The highest BCUT2D eigenvalue weighted by atomic mass is 16.6. The van der Waals surface area contributed by atoms with Gasteiger partial charge in [0.15, 0.2) is 6.10 Å². The van der Waals surface area contributed by atoms with Gasteiger partial charge >= 0.3 is 17.9 Å². The first-order chi connectivity index (χ1) is 39.0. The fourth-order valence-electron chi connectivity index (χ4n) is 10.0. The summed E-state index contributed by atoms with van der Waals surface area (Å²) in [6.45, 7) is 6.54. The third kappa shape index (κ3) is 65.5. The number of esters is 3. The standard InChI is InChI=1S/C73H130O6/c1-4-7-10-13-16-19-22-25-28-31-32-33-34-35-36-37-38-39-40-43-45-48-51-54-57-60-63-66-72(75)78-69-70(79-73(76)67-64-61-58-55-52-49-46-42-30-27-24-21-18-15-12-9-6-3)68-77-71(74)65-62-59-56-53-50-47-44-41-29-26-23-20-17-14-11-8-5-2/h9,12,17-18,20-21,26-27,29-32,70H,4-8,10-11,13-16,19,22-25,28,33-69H2,1-3H3/b12-9-,20-17-,21-18-,29-26-,30-27-,32-31-. The lowest BCUT2D eigenvalue weighted by Crippen LogP contribution is -2.30. The Morgan fingerprint density at radius 1 is 0.266 bits per heavy atom. The Bertz CT molecular complexity index is 1450. The van der Waals surface area contributed by atoms with E-state index in [0.29, 0.717) is 19.3 Å². The SMILES string of the molecule is CC/C=C\C/C=C\C/C=C\CCCCCCCCCC(=O)OC(COC(=O)CCCCCCCCC/C=C\C/C=C\CCCCC)COC(=O)CCCCCCCCCCCCCCCCC/C=C\CCCCCCCCCC. The van der Waals surface area contributed by atoms with E-state index in [1.165, 1.54) is 218 Å². The molecule has 0 N–H and O–H groups in total. The molecule has 0 amide bonds. The molecule has 79 heavy (non-hydrogen) atoms. The smallest absolute Gasteiger partial charge is 0.306 e. The molecule has 6 nitrogen and oxygen atoms in total. The number of unbranched alkanes of at least 4 members (excludes halogenated alkanes) is 40. The average Bonchev–Trinajstić information content (AvgIpc) is 3.45. The van der Waals surface area contributed by atoms with Crippen LogP contribution in [0.4, 0.5) is 0 Å². The first-order valence-electron chi connectivity index (χ1n) is 34.4. The van der Waals surface area contributed by atoms with Crippen LogP contribution in [-0.2, 0) is 28.6 Å². The minimum atomic E-state index is -0.785. The van der Waals surface area contributed by atoms with Gasteiger partial charge in [-0.2, -0.15) is 0 Å². The van der Waals surface area contributed by atoms with E-state index < -0.39 is 6.10 Å². The lowest BCUT2D eigenvalue weighted by atomic mass is 10.0. The van der Waals surface area contributed by atoms with E-state index >= 15 is 0 Å². The molecule has 1 atom stereocenters. The normalized spacial score (nSPS) is 12.5. The Morgan fingerprint density at radius 2 is 0.494 bits per heavy atom. The quantitative estimate of drug-likeness (QED) is 0.0261. The van der Waals surface area contributed by atoms with Crippen molar-refractivity contribution in [2.45, 2.75) is 361 Å². The van der Waals surface area contributed by atoms with E-state index in [0.717, 1.165) is 96.3 Å². The summed E-state index contributed by atoms with van der Waals surface area (Å²) in [6.07, 6.45) is 87.8. The van der Waals surface area contributed by atoms with Crippen molar-refractivity contribution < 1.29 is 28.6 Å². The van der Waals surface area contributed by atoms with E-state index in [1.807, 2.05) is 0 Å². The first kappa shape index (κ1) is 75.8. The van der Waals surface area contributed by atoms with Crippen molar-refractivity contribution in [1.29, 1.82) is 0 Å². The first-order valence-corrected chi connectivity index (χ1v) is 34.4. The van der Waals surface area contributed by atoms with Crippen molar-refractivity contribution in [2.75, 3.05) is 13.2 Å². The van der Waals surface area contributed by atoms with Crippen LogP contribution in [0.25, 0.3) is 0 Å². The number of carbonyl (C=O) groups excluding carboxylic acids is 3. The molecule has 1 unspecified atom stereocenters. The third-order valence-electron chi connectivity index (χ3n) is 15.2. The molecule has 0 aromatic heterocycles. The van der Waals surface area contributed by atoms with Crippen molar-refractivity contribution in [3.8, 4) is 0 Å². The lowest BCUT2D eigenvalue weighted by Gasteiger charge is -2.18. The Labute approximate surface area is 491 Å². The molecule has 0 saturated heterocycles. The van der Waals surface area contributed by atoms with Crippen molar-refractivity contribution >= 4 is 17.9 Å². The minimum absolute atomic E-state index is 0.0797. The van der Waals surface area contributed by atoms with Gasteiger partial charge in [-0.05, 0) is 109 Å². The Hall–Kier alpha value is -3.15. The fraction of sp³-hybridized carbons (Fsp3) is 0.795. The van der Waals surface area contributed by atoms with Crippen molar-refractivity contribution in [1.82, 2.24) is 0 Å². The molecule has 0 bridgehead atoms. The summed E-state index contributed by atoms with van der Waals surface area (Å²) in [4.78, 5) is 38.4. The van der Waals surface area contributed by atoms with Gasteiger partial charge in [-0.3, -0.25) is 14.4 Å². The van der Waals surface area contributed by atoms with Crippen LogP contribution in [0.3, 0.4) is 0 Å². The molecule has 0 heterocycles. The van der Waals surface area contributed by atoms with Gasteiger partial charge in [0.05, 0.1) is 0 Å². The van der Waals surface area contributed by atoms with Crippen LogP contribution in [-0.4, -0.2) is 37.2 Å². The van der Waals surface area contributed by atoms with Crippen LogP contribution in [0.5, 0.6) is 0 Å². The van der Waals surface area contributed by atoms with Gasteiger partial charge in [-0.1, -0.05) is 299 Å². The Kier molecular flexibility index (Phi) is 64.7. The maximum atomic E-state index is 12.9. The molecule has 0 saturated carbocycles. The molecule has 0 aliphatic heterocycles. The van der Waals surface area contributed by atoms with Crippen LogP contribution in [0.2, 0.25) is 0 Å². The highest BCUT2D eigenvalue weighted by Crippen LogP contribution is 2.17. The van der Waals surface area contributed by atoms with E-state index in [2.05, 4.69) is 93.7 Å². The second kappa shape index (κ2) is 67.4. The fourth-order valence-corrected chi connectivity index (χ4v) is 10.0. The van der Waals surface area contributed by atoms with Gasteiger partial charge in [0.2, 0.25) is 0 Å². The average molecular weight is 1100 g/mol. The maximum absolute atomic E-state index is 12.9. The summed E-state index contributed by atoms with van der Waals surface area (Å²) in [5.41, 5.74) is 0. The number of ether oxygens (including phenoxy) is 3. The van der Waals surface area contributed by atoms with Gasteiger partial charge in [0.1, 0.15) is 13.2 Å². The number of hydrogen-bond donors (Lipinski definition) is 0. The summed E-state index contributed by atoms with van der Waals surface area (Å²) in [6, 6.07) is 0. The van der Waals surface area contributed by atoms with Crippen molar-refractivity contribution in [3.05, 3.63) is 72.9 Å². The predicted octanol–water partition coefficient (Wildman–Crippen LogP) is 23.7. The van der Waals surface area contributed by atoms with Gasteiger partial charge in [-0.25, -0.2) is 0 Å². The molecule has 0 spiro atoms. The maximum Gasteiger partial charge on any atom is 0.306 e. The van der Waals surface area contributed by atoms with Crippen LogP contribution in [0.15, 0.2) is 72.9 Å². The van der Waals surface area contributed by atoms with Crippen molar-refractivity contribution in [2.24, 2.45) is 0 Å². The van der Waals surface area contributed by atoms with Gasteiger partial charge < -0.3 is 14.2 Å². The Balaban J connectivity index is 4.28. The number of rotatable bonds is 63. The summed E-state index contributed by atoms with van der Waals surface area (Å²) in [5, 5.41) is 0. The molecular weight excluding hydrogens is 973 g/mol. The number of allylic oxidation sites excluding steroid dienone is 12. The lowest BCUT2D eigenvalue weighted by molar-refractivity contribution is -0.167. The molecule has 0 aromatic carbocycles. The van der Waals surface area contributed by atoms with E-state index in [4.69, 9.17) is 14.2 Å². The second-order valence-electron chi connectivity index (χ2n) is 23.1. The zero-order valence-electron chi connectivity index (χ0n) is 52.6. The van der Waals surface area contributed by atoms with Crippen molar-refractivity contribution in [3.63, 3.8) is 0 Å². The topological polar surface area (TPSA) is 78.9 Å². The summed E-state index contributed by atoms with van der Waals surface area (Å²) >= 11 is 0. The number of hydrogen-bond acceptors (Lipinski definition) is 6. The summed E-state index contributed by atoms with van der Waals surface area (Å²) in [7, 11) is 0. The van der Waals surface area contributed by atoms with E-state index in [1.54, 1.807) is 0 Å². The second-order valence-corrected chi connectivity index (χ2v) is 23.1. The zero-order valence-corrected chi connectivity index (χ0v) is 52.6. The molecule has 0 fully saturated rings. The molecule has 0 aliphatic carbocycles. The minimum Gasteiger partial charge on any atom is -0.462 e. The molecule has 458 valence electrons. The molecule has 0 radical (unpaired) electrons. The molecular formula is C73H130O6. The predicted molar refractivity (Wildman–Crippen MR) is 344 cm³/mol. The molecule has 0 rings (SSSR count). The highest BCUT2D eigenvalue weighted by molar-refractivity contribution is 5.71. The van der Waals surface area contributed by atoms with Crippen LogP contribution in [0.1, 0.15) is 355 Å². The zero-order chi connectivity index (χ0) is 57.1. The highest BCUT2D eigenvalue weighted by Gasteiger charge is 2.19. The van der Waals surface area contributed by atoms with Crippen LogP contribution < -0.4 is 0 Å². The van der Waals surface area contributed by atoms with E-state index in [-0.39, 0.29) is 31.1 Å². The van der Waals surface area contributed by atoms with E-state index in [9.17, 15) is 14.4 Å². The molecule has 6 heteroatoms. The van der Waals surface area contributed by atoms with Gasteiger partial charge in [0.25, 0.3) is 0 Å². The summed E-state index contributed by atoms with van der Waals surface area (Å²) < 4.78 is 17.0. The van der Waals surface area contributed by atoms with Crippen LogP contribution in [0, 0.1) is 0 Å². The molecule has 0 aliphatic rings. The molecule has 0 aromatic rings. The largest absolute Gasteiger partial charge is 0.462 e. The van der Waals surface area contributed by atoms with Crippen LogP contribution >= 0.6 is 0 Å². The van der Waals surface area contributed by atoms with Gasteiger partial charge in [-0.15, -0.1) is 0 Å².